The summed E-state index contributed by atoms with van der Waals surface area (Å²) in [4.78, 5) is 34.5. The molecule has 10 nitrogen and oxygen atoms in total. The lowest BCUT2D eigenvalue weighted by Gasteiger charge is -2.20. The molecule has 0 heterocycles. The average Bonchev–Trinajstić information content (AvgIpc) is 3.14. The summed E-state index contributed by atoms with van der Waals surface area (Å²) in [7, 11) is -4.63. The molecule has 0 aliphatic rings. The molecule has 3 atom stereocenters. The third kappa shape index (κ3) is 37.2. The fourth-order valence-corrected chi connectivity index (χ4v) is 6.64. The monoisotopic (exact) mass is 775 g/mol. The topological polar surface area (TPSA) is 149 Å². The van der Waals surface area contributed by atoms with Gasteiger partial charge in [-0.3, -0.25) is 18.6 Å². The van der Waals surface area contributed by atoms with Crippen LogP contribution >= 0.6 is 7.82 Å². The lowest BCUT2D eigenvalue weighted by atomic mass is 10.0. The number of allylic oxidation sites excluding steroid dienone is 4. The highest BCUT2D eigenvalue weighted by atomic mass is 31.2. The number of aliphatic hydroxyl groups is 2. The van der Waals surface area contributed by atoms with E-state index in [2.05, 4.69) is 38.2 Å². The molecule has 0 bridgehead atoms. The fraction of sp³-hybridized carbons (Fsp3) is 0.857. The maximum atomic E-state index is 12.3. The number of unbranched alkanes of at least 4 members (excludes halogenated alkanes) is 22. The highest BCUT2D eigenvalue weighted by Crippen LogP contribution is 2.43. The number of hydrogen-bond donors (Lipinski definition) is 3. The lowest BCUT2D eigenvalue weighted by molar-refractivity contribution is -0.153. The van der Waals surface area contributed by atoms with Crippen molar-refractivity contribution in [2.24, 2.45) is 0 Å². The van der Waals surface area contributed by atoms with Crippen molar-refractivity contribution in [2.45, 2.75) is 206 Å². The highest BCUT2D eigenvalue weighted by Gasteiger charge is 2.27. The summed E-state index contributed by atoms with van der Waals surface area (Å²) < 4.78 is 32.5. The van der Waals surface area contributed by atoms with Crippen LogP contribution in [0.15, 0.2) is 24.3 Å². The van der Waals surface area contributed by atoms with E-state index in [-0.39, 0.29) is 12.8 Å². The molecule has 0 aromatic rings. The lowest BCUT2D eigenvalue weighted by Crippen LogP contribution is -2.28. The number of carbonyl (C=O) groups is 2. The van der Waals surface area contributed by atoms with Crippen LogP contribution in [-0.2, 0) is 32.7 Å². The molecule has 11 heteroatoms. The second-order valence-corrected chi connectivity index (χ2v) is 15.8. The first kappa shape index (κ1) is 51.5. The Hall–Kier alpha value is -1.55. The molecular formula is C42H79O10P. The van der Waals surface area contributed by atoms with Crippen LogP contribution in [0, 0.1) is 0 Å². The van der Waals surface area contributed by atoms with Crippen molar-refractivity contribution < 1.29 is 47.8 Å². The van der Waals surface area contributed by atoms with Crippen molar-refractivity contribution in [3.63, 3.8) is 0 Å². The summed E-state index contributed by atoms with van der Waals surface area (Å²) in [6.07, 6.45) is 37.2. The van der Waals surface area contributed by atoms with E-state index < -0.39 is 58.4 Å². The van der Waals surface area contributed by atoms with Gasteiger partial charge in [0, 0.05) is 12.8 Å². The molecule has 0 spiro atoms. The number of rotatable bonds is 40. The van der Waals surface area contributed by atoms with Gasteiger partial charge in [-0.15, -0.1) is 0 Å². The molecule has 0 fully saturated rings. The first-order chi connectivity index (χ1) is 25.8. The second kappa shape index (κ2) is 38.7. The van der Waals surface area contributed by atoms with Gasteiger partial charge in [-0.05, 0) is 38.5 Å². The second-order valence-electron chi connectivity index (χ2n) is 14.3. The summed E-state index contributed by atoms with van der Waals surface area (Å²) in [5.41, 5.74) is 0. The number of ether oxygens (including phenoxy) is 2. The van der Waals surface area contributed by atoms with Crippen LogP contribution in [-0.4, -0.2) is 65.7 Å². The maximum Gasteiger partial charge on any atom is 0.472 e. The molecule has 3 unspecified atom stereocenters. The van der Waals surface area contributed by atoms with Crippen molar-refractivity contribution >= 4 is 19.8 Å². The minimum atomic E-state index is -4.63. The summed E-state index contributed by atoms with van der Waals surface area (Å²) in [5, 5.41) is 19.1. The van der Waals surface area contributed by atoms with Crippen LogP contribution in [0.4, 0.5) is 0 Å². The molecule has 0 aliphatic carbocycles. The minimum Gasteiger partial charge on any atom is -0.457 e. The van der Waals surface area contributed by atoms with Crippen LogP contribution in [0.2, 0.25) is 0 Å². The summed E-state index contributed by atoms with van der Waals surface area (Å²) in [5.74, 6) is -1.03. The van der Waals surface area contributed by atoms with Crippen LogP contribution in [0.3, 0.4) is 0 Å². The van der Waals surface area contributed by atoms with Crippen molar-refractivity contribution in [1.82, 2.24) is 0 Å². The van der Waals surface area contributed by atoms with Crippen LogP contribution in [0.5, 0.6) is 0 Å². The van der Waals surface area contributed by atoms with E-state index in [0.29, 0.717) is 12.8 Å². The Kier molecular flexibility index (Phi) is 37.6. The molecule has 0 saturated heterocycles. The zero-order valence-electron chi connectivity index (χ0n) is 33.7. The van der Waals surface area contributed by atoms with E-state index in [1.54, 1.807) is 0 Å². The fourth-order valence-electron chi connectivity index (χ4n) is 5.86. The molecule has 0 aromatic heterocycles. The van der Waals surface area contributed by atoms with Crippen molar-refractivity contribution in [1.29, 1.82) is 0 Å². The van der Waals surface area contributed by atoms with Crippen molar-refractivity contribution in [3.8, 4) is 0 Å². The normalized spacial score (nSPS) is 14.1. The predicted octanol–water partition coefficient (Wildman–Crippen LogP) is 11.0. The zero-order valence-corrected chi connectivity index (χ0v) is 34.6. The largest absolute Gasteiger partial charge is 0.472 e. The van der Waals surface area contributed by atoms with Gasteiger partial charge in [0.1, 0.15) is 12.2 Å². The first-order valence-electron chi connectivity index (χ1n) is 21.3. The van der Waals surface area contributed by atoms with Gasteiger partial charge >= 0.3 is 19.8 Å². The highest BCUT2D eigenvalue weighted by molar-refractivity contribution is 7.47. The average molecular weight is 775 g/mol. The van der Waals surface area contributed by atoms with Crippen LogP contribution < -0.4 is 0 Å². The van der Waals surface area contributed by atoms with E-state index in [1.807, 2.05) is 0 Å². The number of esters is 2. The number of phosphoric acid groups is 1. The first-order valence-corrected chi connectivity index (χ1v) is 22.8. The third-order valence-corrected chi connectivity index (χ3v) is 10.1. The Morgan fingerprint density at radius 2 is 0.868 bits per heavy atom. The van der Waals surface area contributed by atoms with Crippen molar-refractivity contribution in [3.05, 3.63) is 24.3 Å². The zero-order chi connectivity index (χ0) is 39.1. The Balaban J connectivity index is 3.91. The molecule has 0 amide bonds. The Morgan fingerprint density at radius 3 is 1.25 bits per heavy atom. The van der Waals surface area contributed by atoms with E-state index >= 15 is 0 Å². The van der Waals surface area contributed by atoms with Gasteiger partial charge in [0.05, 0.1) is 26.4 Å². The van der Waals surface area contributed by atoms with Gasteiger partial charge in [0.15, 0.2) is 0 Å². The Bertz CT molecular complexity index is 941. The Labute approximate surface area is 323 Å². The smallest absolute Gasteiger partial charge is 0.457 e. The molecule has 53 heavy (non-hydrogen) atoms. The standard InChI is InChI=1S/C42H79O10P/c1-3-5-7-9-11-13-15-17-18-19-20-22-24-26-28-30-32-34-42(46)52-40(36-44)38-50-53(47,48)49-37-39(35-43)51-41(45)33-31-29-27-25-23-21-16-14-12-10-8-6-4-2/h8,10,14,16,39-40,43-44H,3-7,9,11-13,15,17-38H2,1-2H3,(H,47,48)/b10-8-,16-14-. The molecule has 0 saturated carbocycles. The quantitative estimate of drug-likeness (QED) is 0.0238. The van der Waals surface area contributed by atoms with Gasteiger partial charge in [-0.1, -0.05) is 167 Å². The van der Waals surface area contributed by atoms with Crippen molar-refractivity contribution in [2.75, 3.05) is 26.4 Å². The molecule has 3 N–H and O–H groups in total. The van der Waals surface area contributed by atoms with Gasteiger partial charge in [-0.25, -0.2) is 4.57 Å². The van der Waals surface area contributed by atoms with Crippen LogP contribution in [0.25, 0.3) is 0 Å². The predicted molar refractivity (Wildman–Crippen MR) is 215 cm³/mol. The number of carbonyl (C=O) groups excluding carboxylic acids is 2. The maximum absolute atomic E-state index is 12.3. The molecule has 312 valence electrons. The van der Waals surface area contributed by atoms with E-state index in [0.717, 1.165) is 64.2 Å². The summed E-state index contributed by atoms with van der Waals surface area (Å²) >= 11 is 0. The molecule has 0 radical (unpaired) electrons. The van der Waals surface area contributed by atoms with Crippen LogP contribution in [0.1, 0.15) is 194 Å². The Morgan fingerprint density at radius 1 is 0.509 bits per heavy atom. The molecule has 0 aliphatic heterocycles. The molecule has 0 aromatic carbocycles. The van der Waals surface area contributed by atoms with E-state index in [4.69, 9.17) is 18.5 Å². The number of aliphatic hydroxyl groups excluding tert-OH is 2. The molecule has 0 rings (SSSR count). The third-order valence-electron chi connectivity index (χ3n) is 9.15. The van der Waals surface area contributed by atoms with E-state index in [1.165, 1.54) is 89.9 Å². The SMILES string of the molecule is CCC/C=C\C/C=C\CCCCCCCC(=O)OC(CO)COP(=O)(O)OCC(CO)OC(=O)CCCCCCCCCCCCCCCCCCC. The van der Waals surface area contributed by atoms with Gasteiger partial charge in [0.2, 0.25) is 0 Å². The summed E-state index contributed by atoms with van der Waals surface area (Å²) in [6.45, 7) is 2.14. The summed E-state index contributed by atoms with van der Waals surface area (Å²) in [6, 6.07) is 0. The van der Waals surface area contributed by atoms with Gasteiger partial charge < -0.3 is 24.6 Å². The number of phosphoric ester groups is 1. The van der Waals surface area contributed by atoms with Gasteiger partial charge in [-0.2, -0.15) is 0 Å². The molecular weight excluding hydrogens is 695 g/mol. The van der Waals surface area contributed by atoms with Gasteiger partial charge in [0.25, 0.3) is 0 Å². The minimum absolute atomic E-state index is 0.177. The number of hydrogen-bond acceptors (Lipinski definition) is 9. The van der Waals surface area contributed by atoms with E-state index in [9.17, 15) is 29.3 Å².